The third kappa shape index (κ3) is 12.8. The van der Waals surface area contributed by atoms with Gasteiger partial charge in [0.05, 0.1) is 0 Å². The van der Waals surface area contributed by atoms with E-state index >= 15 is 0 Å². The molecule has 0 heterocycles. The van der Waals surface area contributed by atoms with E-state index in [9.17, 15) is 14.4 Å². The van der Waals surface area contributed by atoms with Crippen molar-refractivity contribution in [3.05, 3.63) is 0 Å². The number of hydrogen-bond donors (Lipinski definition) is 3. The molecule has 0 rings (SSSR count). The predicted octanol–water partition coefficient (Wildman–Crippen LogP) is 2.01. The molecule has 0 aliphatic heterocycles. The van der Waals surface area contributed by atoms with Gasteiger partial charge in [-0.15, -0.1) is 0 Å². The number of carbonyl (C=O) groups is 3. The van der Waals surface area contributed by atoms with Gasteiger partial charge in [0, 0.05) is 11.5 Å². The lowest BCUT2D eigenvalue weighted by molar-refractivity contribution is -0.156. The first-order chi connectivity index (χ1) is 11.2. The summed E-state index contributed by atoms with van der Waals surface area (Å²) in [6.07, 6.45) is -0.726. The van der Waals surface area contributed by atoms with Crippen molar-refractivity contribution >= 4 is 39.6 Å². The van der Waals surface area contributed by atoms with E-state index in [1.165, 1.54) is 21.6 Å². The molecular formula is C15H28N2O6S2. The Kier molecular flexibility index (Phi) is 9.67. The maximum Gasteiger partial charge on any atom is 0.408 e. The first-order valence-electron chi connectivity index (χ1n) is 7.66. The van der Waals surface area contributed by atoms with Gasteiger partial charge in [0.25, 0.3) is 0 Å². The van der Waals surface area contributed by atoms with E-state index in [0.717, 1.165) is 0 Å². The molecule has 0 aromatic rings. The third-order valence-corrected chi connectivity index (χ3v) is 4.71. The molecule has 146 valence electrons. The molecule has 0 saturated carbocycles. The second-order valence-corrected chi connectivity index (χ2v) is 9.80. The molecule has 2 atom stereocenters. The molecule has 0 aliphatic carbocycles. The summed E-state index contributed by atoms with van der Waals surface area (Å²) in [5, 5.41) is 11.2. The van der Waals surface area contributed by atoms with Gasteiger partial charge in [-0.3, -0.25) is 4.79 Å². The van der Waals surface area contributed by atoms with Crippen molar-refractivity contribution < 1.29 is 29.0 Å². The Morgan fingerprint density at radius 3 is 1.92 bits per heavy atom. The molecule has 4 N–H and O–H groups in total. The van der Waals surface area contributed by atoms with Crippen LogP contribution < -0.4 is 11.1 Å². The van der Waals surface area contributed by atoms with Crippen LogP contribution in [-0.2, 0) is 19.1 Å². The number of esters is 1. The van der Waals surface area contributed by atoms with Crippen molar-refractivity contribution in [2.75, 3.05) is 11.5 Å². The van der Waals surface area contributed by atoms with Crippen LogP contribution in [0.15, 0.2) is 0 Å². The smallest absolute Gasteiger partial charge is 0.408 e. The lowest BCUT2D eigenvalue weighted by Crippen LogP contribution is -2.47. The topological polar surface area (TPSA) is 128 Å². The molecule has 0 unspecified atom stereocenters. The fourth-order valence-electron chi connectivity index (χ4n) is 1.30. The van der Waals surface area contributed by atoms with Crippen LogP contribution in [0.3, 0.4) is 0 Å². The summed E-state index contributed by atoms with van der Waals surface area (Å²) in [7, 11) is 2.43. The zero-order valence-corrected chi connectivity index (χ0v) is 17.1. The minimum absolute atomic E-state index is 0.174. The van der Waals surface area contributed by atoms with Gasteiger partial charge in [0.1, 0.15) is 23.3 Å². The summed E-state index contributed by atoms with van der Waals surface area (Å²) in [6.45, 7) is 10.3. The second-order valence-electron chi connectivity index (χ2n) is 7.25. The zero-order chi connectivity index (χ0) is 19.8. The molecule has 0 aliphatic rings. The molecule has 10 heteroatoms. The molecule has 0 saturated heterocycles. The van der Waals surface area contributed by atoms with E-state index < -0.39 is 41.3 Å². The number of carboxylic acid groups (broad SMARTS) is 1. The molecule has 0 fully saturated rings. The van der Waals surface area contributed by atoms with E-state index in [2.05, 4.69) is 5.32 Å². The molecule has 0 aromatic carbocycles. The van der Waals surface area contributed by atoms with Crippen LogP contribution in [0.5, 0.6) is 0 Å². The van der Waals surface area contributed by atoms with Gasteiger partial charge >= 0.3 is 18.0 Å². The minimum Gasteiger partial charge on any atom is -0.480 e. The van der Waals surface area contributed by atoms with E-state index in [1.807, 2.05) is 0 Å². The Balaban J connectivity index is 4.70. The van der Waals surface area contributed by atoms with Crippen LogP contribution in [0.2, 0.25) is 0 Å². The van der Waals surface area contributed by atoms with Crippen LogP contribution in [0.25, 0.3) is 0 Å². The van der Waals surface area contributed by atoms with Crippen LogP contribution in [-0.4, -0.2) is 57.9 Å². The summed E-state index contributed by atoms with van der Waals surface area (Å²) < 4.78 is 10.4. The van der Waals surface area contributed by atoms with Gasteiger partial charge in [-0.2, -0.15) is 0 Å². The molecule has 0 radical (unpaired) electrons. The number of carbonyl (C=O) groups excluding carboxylic acids is 2. The summed E-state index contributed by atoms with van der Waals surface area (Å²) in [4.78, 5) is 34.9. The lowest BCUT2D eigenvalue weighted by atomic mass is 10.2. The minimum atomic E-state index is -1.09. The third-order valence-electron chi connectivity index (χ3n) is 2.27. The Morgan fingerprint density at radius 2 is 1.48 bits per heavy atom. The number of nitrogens with two attached hydrogens (primary N) is 1. The van der Waals surface area contributed by atoms with Gasteiger partial charge in [-0.05, 0) is 41.5 Å². The van der Waals surface area contributed by atoms with Crippen molar-refractivity contribution in [2.24, 2.45) is 5.73 Å². The number of nitrogens with one attached hydrogen (secondary N) is 1. The quantitative estimate of drug-likeness (QED) is 0.320. The molecule has 0 bridgehead atoms. The number of alkyl carbamates (subject to hydrolysis) is 1. The average molecular weight is 397 g/mol. The van der Waals surface area contributed by atoms with Crippen molar-refractivity contribution in [3.63, 3.8) is 0 Å². The Morgan fingerprint density at radius 1 is 1.00 bits per heavy atom. The maximum absolute atomic E-state index is 12.3. The highest BCUT2D eigenvalue weighted by atomic mass is 33.1. The number of carboxylic acids is 1. The Bertz CT molecular complexity index is 474. The van der Waals surface area contributed by atoms with E-state index in [-0.39, 0.29) is 11.5 Å². The second kappa shape index (κ2) is 10.1. The number of rotatable bonds is 8. The van der Waals surface area contributed by atoms with Gasteiger partial charge < -0.3 is 25.6 Å². The Hall–Kier alpha value is -1.13. The average Bonchev–Trinajstić information content (AvgIpc) is 2.37. The van der Waals surface area contributed by atoms with Crippen LogP contribution >= 0.6 is 21.6 Å². The first-order valence-corrected chi connectivity index (χ1v) is 10.2. The van der Waals surface area contributed by atoms with Gasteiger partial charge in [-0.25, -0.2) is 9.59 Å². The van der Waals surface area contributed by atoms with Crippen molar-refractivity contribution in [1.82, 2.24) is 5.32 Å². The maximum atomic E-state index is 12.3. The lowest BCUT2D eigenvalue weighted by Gasteiger charge is -2.26. The fraction of sp³-hybridized carbons (Fsp3) is 0.800. The summed E-state index contributed by atoms with van der Waals surface area (Å²) in [5.74, 6) is -1.32. The highest BCUT2D eigenvalue weighted by Crippen LogP contribution is 2.23. The largest absolute Gasteiger partial charge is 0.480 e. The van der Waals surface area contributed by atoms with Gasteiger partial charge in [-0.1, -0.05) is 21.6 Å². The first kappa shape index (κ1) is 23.9. The predicted molar refractivity (Wildman–Crippen MR) is 99.5 cm³/mol. The molecule has 25 heavy (non-hydrogen) atoms. The molecule has 8 nitrogen and oxygen atoms in total. The fourth-order valence-corrected chi connectivity index (χ4v) is 3.56. The van der Waals surface area contributed by atoms with Crippen molar-refractivity contribution in [1.29, 1.82) is 0 Å². The number of amides is 1. The van der Waals surface area contributed by atoms with E-state index in [4.69, 9.17) is 20.3 Å². The van der Waals surface area contributed by atoms with Crippen molar-refractivity contribution in [3.8, 4) is 0 Å². The molecular weight excluding hydrogens is 368 g/mol. The normalized spacial score (nSPS) is 14.4. The Labute approximate surface area is 156 Å². The summed E-state index contributed by atoms with van der Waals surface area (Å²) >= 11 is 0. The zero-order valence-electron chi connectivity index (χ0n) is 15.5. The summed E-state index contributed by atoms with van der Waals surface area (Å²) in [5.41, 5.74) is 4.02. The standard InChI is InChI=1S/C15H28N2O6S2/c1-14(2,3)22-12(20)10(17-13(21)23-15(4,5)6)8-25-24-7-9(16)11(18)19/h9-10H,7-8,16H2,1-6H3,(H,17,21)(H,18,19)/t9-,10-/m0/s1. The monoisotopic (exact) mass is 396 g/mol. The SMILES string of the molecule is CC(C)(C)OC(=O)N[C@@H](CSSC[C@H](N)C(=O)O)C(=O)OC(C)(C)C. The molecule has 0 spiro atoms. The number of ether oxygens (including phenoxy) is 2. The molecule has 0 aromatic heterocycles. The van der Waals surface area contributed by atoms with E-state index in [0.29, 0.717) is 0 Å². The van der Waals surface area contributed by atoms with Crippen molar-refractivity contribution in [2.45, 2.75) is 64.8 Å². The number of hydrogen-bond acceptors (Lipinski definition) is 8. The van der Waals surface area contributed by atoms with Crippen LogP contribution in [0, 0.1) is 0 Å². The highest BCUT2D eigenvalue weighted by molar-refractivity contribution is 8.76. The van der Waals surface area contributed by atoms with E-state index in [1.54, 1.807) is 41.5 Å². The van der Waals surface area contributed by atoms with Gasteiger partial charge in [0.15, 0.2) is 0 Å². The highest BCUT2D eigenvalue weighted by Gasteiger charge is 2.29. The molecule has 1 amide bonds. The van der Waals surface area contributed by atoms with Crippen LogP contribution in [0.4, 0.5) is 4.79 Å². The summed E-state index contributed by atoms with van der Waals surface area (Å²) in [6, 6.07) is -1.91. The van der Waals surface area contributed by atoms with Gasteiger partial charge in [0.2, 0.25) is 0 Å². The van der Waals surface area contributed by atoms with Crippen LogP contribution in [0.1, 0.15) is 41.5 Å². The number of aliphatic carboxylic acids is 1.